The topological polar surface area (TPSA) is 61.9 Å². The van der Waals surface area contributed by atoms with Gasteiger partial charge >= 0.3 is 0 Å². The second-order valence-corrected chi connectivity index (χ2v) is 9.39. The Hall–Kier alpha value is -1.77. The van der Waals surface area contributed by atoms with Crippen LogP contribution in [0.25, 0.3) is 0 Å². The van der Waals surface area contributed by atoms with Crippen LogP contribution < -0.4 is 14.5 Å². The third-order valence-corrected chi connectivity index (χ3v) is 7.57. The number of anilines is 3. The highest BCUT2D eigenvalue weighted by molar-refractivity contribution is 7.94. The average molecular weight is 394 g/mol. The maximum Gasteiger partial charge on any atom is 0.271 e. The second-order valence-electron chi connectivity index (χ2n) is 6.53. The minimum absolute atomic E-state index is 0.335. The lowest BCUT2D eigenvalue weighted by molar-refractivity contribution is 0.122. The summed E-state index contributed by atoms with van der Waals surface area (Å²) < 4.78 is 34.1. The second kappa shape index (κ2) is 7.46. The predicted octanol–water partition coefficient (Wildman–Crippen LogP) is 2.99. The first-order valence-corrected chi connectivity index (χ1v) is 11.3. The van der Waals surface area contributed by atoms with Crippen molar-refractivity contribution >= 4 is 38.4 Å². The van der Waals surface area contributed by atoms with Gasteiger partial charge in [0.25, 0.3) is 10.0 Å². The van der Waals surface area contributed by atoms with Crippen LogP contribution in [0, 0.1) is 0 Å². The van der Waals surface area contributed by atoms with Gasteiger partial charge in [-0.05, 0) is 42.5 Å². The molecule has 0 atom stereocenters. The Morgan fingerprint density at radius 1 is 1.00 bits per heavy atom. The molecule has 0 spiro atoms. The van der Waals surface area contributed by atoms with Crippen molar-refractivity contribution in [1.29, 1.82) is 0 Å². The van der Waals surface area contributed by atoms with Gasteiger partial charge < -0.3 is 14.5 Å². The SMILES string of the molecule is O=S(=O)(Nc1cc(N2CCOCC2)ccc1N1CCCC1)c1cccs1. The van der Waals surface area contributed by atoms with E-state index in [4.69, 9.17) is 4.74 Å². The number of hydrogen-bond acceptors (Lipinski definition) is 6. The summed E-state index contributed by atoms with van der Waals surface area (Å²) in [5, 5.41) is 1.78. The van der Waals surface area contributed by atoms with Crippen LogP contribution in [-0.2, 0) is 14.8 Å². The fourth-order valence-corrected chi connectivity index (χ4v) is 5.53. The molecule has 1 N–H and O–H groups in total. The number of hydrogen-bond donors (Lipinski definition) is 1. The third kappa shape index (κ3) is 3.67. The van der Waals surface area contributed by atoms with E-state index >= 15 is 0 Å². The van der Waals surface area contributed by atoms with E-state index in [-0.39, 0.29) is 0 Å². The largest absolute Gasteiger partial charge is 0.378 e. The van der Waals surface area contributed by atoms with E-state index in [1.54, 1.807) is 17.5 Å². The summed E-state index contributed by atoms with van der Waals surface area (Å²) in [4.78, 5) is 4.50. The summed E-state index contributed by atoms with van der Waals surface area (Å²) in [5.74, 6) is 0. The van der Waals surface area contributed by atoms with Crippen LogP contribution in [0.5, 0.6) is 0 Å². The van der Waals surface area contributed by atoms with Gasteiger partial charge in [-0.3, -0.25) is 4.72 Å². The van der Waals surface area contributed by atoms with E-state index < -0.39 is 10.0 Å². The molecule has 0 aliphatic carbocycles. The minimum Gasteiger partial charge on any atom is -0.378 e. The standard InChI is InChI=1S/C18H23N3O3S2/c22-26(23,18-4-3-13-25-18)19-16-14-15(20-9-11-24-12-10-20)5-6-17(16)21-7-1-2-8-21/h3-6,13-14,19H,1-2,7-12H2. The molecule has 0 amide bonds. The zero-order valence-electron chi connectivity index (χ0n) is 14.6. The summed E-state index contributed by atoms with van der Waals surface area (Å²) in [7, 11) is -3.57. The number of ether oxygens (including phenoxy) is 1. The van der Waals surface area contributed by atoms with Crippen LogP contribution >= 0.6 is 11.3 Å². The molecule has 3 heterocycles. The molecule has 0 radical (unpaired) electrons. The molecule has 0 unspecified atom stereocenters. The predicted molar refractivity (Wildman–Crippen MR) is 106 cm³/mol. The molecule has 2 aliphatic heterocycles. The van der Waals surface area contributed by atoms with Crippen molar-refractivity contribution in [3.05, 3.63) is 35.7 Å². The molecule has 26 heavy (non-hydrogen) atoms. The summed E-state index contributed by atoms with van der Waals surface area (Å²) in [6.45, 7) is 4.96. The molecule has 8 heteroatoms. The highest BCUT2D eigenvalue weighted by Gasteiger charge is 2.22. The van der Waals surface area contributed by atoms with E-state index in [9.17, 15) is 8.42 Å². The molecule has 0 bridgehead atoms. The van der Waals surface area contributed by atoms with Crippen molar-refractivity contribution < 1.29 is 13.2 Å². The number of rotatable bonds is 5. The van der Waals surface area contributed by atoms with Crippen LogP contribution in [0.1, 0.15) is 12.8 Å². The highest BCUT2D eigenvalue weighted by Crippen LogP contribution is 2.35. The van der Waals surface area contributed by atoms with Gasteiger partial charge in [-0.2, -0.15) is 0 Å². The molecule has 2 aromatic rings. The van der Waals surface area contributed by atoms with Gasteiger partial charge in [-0.15, -0.1) is 11.3 Å². The van der Waals surface area contributed by atoms with Crippen molar-refractivity contribution in [2.45, 2.75) is 17.1 Å². The molecule has 140 valence electrons. The minimum atomic E-state index is -3.57. The van der Waals surface area contributed by atoms with Crippen LogP contribution in [0.4, 0.5) is 17.1 Å². The lowest BCUT2D eigenvalue weighted by atomic mass is 10.2. The zero-order chi connectivity index (χ0) is 18.0. The van der Waals surface area contributed by atoms with E-state index in [0.29, 0.717) is 23.1 Å². The molecule has 2 aliphatic rings. The molecule has 1 aromatic heterocycles. The Balaban J connectivity index is 1.68. The van der Waals surface area contributed by atoms with Crippen molar-refractivity contribution in [2.75, 3.05) is 53.9 Å². The van der Waals surface area contributed by atoms with Gasteiger partial charge in [0, 0.05) is 31.9 Å². The molecule has 1 aromatic carbocycles. The highest BCUT2D eigenvalue weighted by atomic mass is 32.2. The van der Waals surface area contributed by atoms with Gasteiger partial charge in [-0.1, -0.05) is 6.07 Å². The maximum absolute atomic E-state index is 12.8. The van der Waals surface area contributed by atoms with Gasteiger partial charge in [0.1, 0.15) is 4.21 Å². The normalized spacial score (nSPS) is 18.3. The summed E-state index contributed by atoms with van der Waals surface area (Å²) in [5.41, 5.74) is 2.64. The number of nitrogens with one attached hydrogen (secondary N) is 1. The van der Waals surface area contributed by atoms with E-state index in [1.807, 2.05) is 12.1 Å². The van der Waals surface area contributed by atoms with E-state index in [0.717, 1.165) is 50.4 Å². The average Bonchev–Trinajstić information content (AvgIpc) is 3.36. The first-order valence-electron chi connectivity index (χ1n) is 8.91. The fourth-order valence-electron chi connectivity index (χ4n) is 3.47. The lowest BCUT2D eigenvalue weighted by Crippen LogP contribution is -2.36. The Morgan fingerprint density at radius 2 is 1.77 bits per heavy atom. The van der Waals surface area contributed by atoms with E-state index in [2.05, 4.69) is 20.6 Å². The Morgan fingerprint density at radius 3 is 2.46 bits per heavy atom. The number of thiophene rings is 1. The van der Waals surface area contributed by atoms with Gasteiger partial charge in [0.05, 0.1) is 24.6 Å². The first kappa shape index (κ1) is 17.6. The number of sulfonamides is 1. The summed E-state index contributed by atoms with van der Waals surface area (Å²) in [6, 6.07) is 9.48. The van der Waals surface area contributed by atoms with Crippen LogP contribution in [0.15, 0.2) is 39.9 Å². The Kier molecular flexibility index (Phi) is 5.06. The number of nitrogens with zero attached hydrogens (tertiary/aromatic N) is 2. The van der Waals surface area contributed by atoms with Crippen LogP contribution in [-0.4, -0.2) is 47.8 Å². The molecule has 0 saturated carbocycles. The molecular weight excluding hydrogens is 370 g/mol. The smallest absolute Gasteiger partial charge is 0.271 e. The zero-order valence-corrected chi connectivity index (χ0v) is 16.2. The van der Waals surface area contributed by atoms with Crippen molar-refractivity contribution in [1.82, 2.24) is 0 Å². The molecule has 2 fully saturated rings. The van der Waals surface area contributed by atoms with Crippen LogP contribution in [0.2, 0.25) is 0 Å². The number of benzene rings is 1. The Bertz CT molecular complexity index is 841. The van der Waals surface area contributed by atoms with E-state index in [1.165, 1.54) is 11.3 Å². The third-order valence-electron chi connectivity index (χ3n) is 4.81. The van der Waals surface area contributed by atoms with Gasteiger partial charge in [0.15, 0.2) is 0 Å². The molecule has 2 saturated heterocycles. The monoisotopic (exact) mass is 393 g/mol. The summed E-state index contributed by atoms with van der Waals surface area (Å²) in [6.07, 6.45) is 2.28. The first-order chi connectivity index (χ1) is 12.6. The quantitative estimate of drug-likeness (QED) is 0.846. The van der Waals surface area contributed by atoms with Gasteiger partial charge in [-0.25, -0.2) is 8.42 Å². The molecular formula is C18H23N3O3S2. The van der Waals surface area contributed by atoms with Crippen molar-refractivity contribution in [3.8, 4) is 0 Å². The number of morpholine rings is 1. The maximum atomic E-state index is 12.8. The summed E-state index contributed by atoms with van der Waals surface area (Å²) >= 11 is 1.23. The molecule has 6 nitrogen and oxygen atoms in total. The Labute approximate surface area is 158 Å². The van der Waals surface area contributed by atoms with Crippen LogP contribution in [0.3, 0.4) is 0 Å². The lowest BCUT2D eigenvalue weighted by Gasteiger charge is -2.30. The van der Waals surface area contributed by atoms with Crippen molar-refractivity contribution in [3.63, 3.8) is 0 Å². The van der Waals surface area contributed by atoms with Gasteiger partial charge in [0.2, 0.25) is 0 Å². The molecule has 4 rings (SSSR count). The van der Waals surface area contributed by atoms with Crippen molar-refractivity contribution in [2.24, 2.45) is 0 Å². The fraction of sp³-hybridized carbons (Fsp3) is 0.444.